The molecule has 2 heterocycles. The zero-order chi connectivity index (χ0) is 20.4. The number of nitrogens with zero attached hydrogens (tertiary/aromatic N) is 2. The van der Waals surface area contributed by atoms with E-state index in [9.17, 15) is 4.79 Å². The molecule has 148 valence electrons. The molecule has 0 aliphatic carbocycles. The fraction of sp³-hybridized carbons (Fsp3) is 0.227. The van der Waals surface area contributed by atoms with Gasteiger partial charge < -0.3 is 20.1 Å². The highest BCUT2D eigenvalue weighted by Crippen LogP contribution is 2.34. The first-order valence-corrected chi connectivity index (χ1v) is 9.29. The molecule has 0 fully saturated rings. The Labute approximate surface area is 169 Å². The predicted octanol–water partition coefficient (Wildman–Crippen LogP) is 4.50. The summed E-state index contributed by atoms with van der Waals surface area (Å²) in [6.45, 7) is 6.70. The Morgan fingerprint density at radius 2 is 1.66 bits per heavy atom. The average molecular weight is 390 g/mol. The molecule has 4 rings (SSSR count). The van der Waals surface area contributed by atoms with Crippen molar-refractivity contribution in [3.8, 4) is 11.5 Å². The van der Waals surface area contributed by atoms with E-state index in [1.54, 1.807) is 24.3 Å². The van der Waals surface area contributed by atoms with Crippen LogP contribution in [0.1, 0.15) is 36.8 Å². The molecule has 0 atom stereocenters. The SMILES string of the molecule is CC(C)(C)c1ccc(Nc2cc(C(=O)Nc3ccc4c(c3)OCO4)ncn2)cc1. The van der Waals surface area contributed by atoms with E-state index >= 15 is 0 Å². The van der Waals surface area contributed by atoms with Crippen LogP contribution in [-0.2, 0) is 5.41 Å². The van der Waals surface area contributed by atoms with E-state index in [2.05, 4.69) is 53.5 Å². The lowest BCUT2D eigenvalue weighted by Crippen LogP contribution is -2.14. The van der Waals surface area contributed by atoms with Crippen molar-refractivity contribution in [2.75, 3.05) is 17.4 Å². The Hall–Kier alpha value is -3.61. The number of rotatable bonds is 4. The monoisotopic (exact) mass is 390 g/mol. The van der Waals surface area contributed by atoms with Gasteiger partial charge in [0.2, 0.25) is 6.79 Å². The van der Waals surface area contributed by atoms with Crippen molar-refractivity contribution >= 4 is 23.1 Å². The van der Waals surface area contributed by atoms with Crippen molar-refractivity contribution in [3.63, 3.8) is 0 Å². The molecular weight excluding hydrogens is 368 g/mol. The van der Waals surface area contributed by atoms with Crippen molar-refractivity contribution in [1.82, 2.24) is 9.97 Å². The number of aromatic nitrogens is 2. The molecule has 1 aromatic heterocycles. The lowest BCUT2D eigenvalue weighted by atomic mass is 9.87. The van der Waals surface area contributed by atoms with Crippen molar-refractivity contribution in [1.29, 1.82) is 0 Å². The van der Waals surface area contributed by atoms with Crippen LogP contribution in [-0.4, -0.2) is 22.7 Å². The average Bonchev–Trinajstić information content (AvgIpc) is 3.16. The summed E-state index contributed by atoms with van der Waals surface area (Å²) in [5, 5.41) is 6.02. The van der Waals surface area contributed by atoms with Gasteiger partial charge in [0, 0.05) is 23.5 Å². The Kier molecular flexibility index (Phi) is 4.80. The molecule has 0 unspecified atom stereocenters. The highest BCUT2D eigenvalue weighted by Gasteiger charge is 2.16. The standard InChI is InChI=1S/C22H22N4O3/c1-22(2,3)14-4-6-15(7-5-14)25-20-11-17(23-12-24-20)21(27)26-16-8-9-18-19(10-16)29-13-28-18/h4-12H,13H2,1-3H3,(H,26,27)(H,23,24,25). The van der Waals surface area contributed by atoms with Crippen molar-refractivity contribution in [2.45, 2.75) is 26.2 Å². The Morgan fingerprint density at radius 3 is 2.41 bits per heavy atom. The second-order valence-electron chi connectivity index (χ2n) is 7.76. The van der Waals surface area contributed by atoms with Gasteiger partial charge in [-0.25, -0.2) is 9.97 Å². The van der Waals surface area contributed by atoms with E-state index in [-0.39, 0.29) is 23.8 Å². The molecule has 1 amide bonds. The summed E-state index contributed by atoms with van der Waals surface area (Å²) in [7, 11) is 0. The fourth-order valence-electron chi connectivity index (χ4n) is 2.92. The molecule has 0 saturated heterocycles. The van der Waals surface area contributed by atoms with Crippen LogP contribution < -0.4 is 20.1 Å². The highest BCUT2D eigenvalue weighted by molar-refractivity contribution is 6.03. The van der Waals surface area contributed by atoms with E-state index in [0.29, 0.717) is 23.0 Å². The van der Waals surface area contributed by atoms with E-state index in [4.69, 9.17) is 9.47 Å². The van der Waals surface area contributed by atoms with Crippen molar-refractivity contribution < 1.29 is 14.3 Å². The molecule has 1 aliphatic heterocycles. The summed E-state index contributed by atoms with van der Waals surface area (Å²) in [6, 6.07) is 15.0. The van der Waals surface area contributed by atoms with Crippen LogP contribution in [0.4, 0.5) is 17.2 Å². The van der Waals surface area contributed by atoms with Gasteiger partial charge in [-0.15, -0.1) is 0 Å². The third kappa shape index (κ3) is 4.29. The van der Waals surface area contributed by atoms with Crippen LogP contribution in [0.15, 0.2) is 54.9 Å². The van der Waals surface area contributed by atoms with Crippen LogP contribution in [0.3, 0.4) is 0 Å². The third-order valence-electron chi connectivity index (χ3n) is 4.55. The number of hydrogen-bond donors (Lipinski definition) is 2. The second kappa shape index (κ2) is 7.43. The summed E-state index contributed by atoms with van der Waals surface area (Å²) in [4.78, 5) is 20.9. The van der Waals surface area contributed by atoms with E-state index in [1.165, 1.54) is 11.9 Å². The molecule has 0 bridgehead atoms. The largest absolute Gasteiger partial charge is 0.454 e. The zero-order valence-corrected chi connectivity index (χ0v) is 16.5. The van der Waals surface area contributed by atoms with Gasteiger partial charge >= 0.3 is 0 Å². The van der Waals surface area contributed by atoms with Crippen molar-refractivity contribution in [2.24, 2.45) is 0 Å². The quantitative estimate of drug-likeness (QED) is 0.682. The molecule has 1 aliphatic rings. The van der Waals surface area contributed by atoms with Gasteiger partial charge in [-0.3, -0.25) is 4.79 Å². The van der Waals surface area contributed by atoms with Crippen LogP contribution >= 0.6 is 0 Å². The number of benzene rings is 2. The van der Waals surface area contributed by atoms with E-state index in [1.807, 2.05) is 12.1 Å². The summed E-state index contributed by atoms with van der Waals surface area (Å²) in [5.74, 6) is 1.47. The first-order valence-electron chi connectivity index (χ1n) is 9.29. The Balaban J connectivity index is 1.46. The molecule has 3 aromatic rings. The number of anilines is 3. The normalized spacial score (nSPS) is 12.5. The van der Waals surface area contributed by atoms with Gasteiger partial charge in [0.1, 0.15) is 17.8 Å². The summed E-state index contributed by atoms with van der Waals surface area (Å²) in [5.41, 5.74) is 3.08. The maximum absolute atomic E-state index is 12.6. The molecule has 2 aromatic carbocycles. The third-order valence-corrected chi connectivity index (χ3v) is 4.55. The molecular formula is C22H22N4O3. The minimum atomic E-state index is -0.336. The van der Waals surface area contributed by atoms with Gasteiger partial charge in [0.25, 0.3) is 5.91 Å². The minimum Gasteiger partial charge on any atom is -0.454 e. The van der Waals surface area contributed by atoms with E-state index in [0.717, 1.165) is 5.69 Å². The maximum Gasteiger partial charge on any atom is 0.274 e. The number of nitrogens with one attached hydrogen (secondary N) is 2. The maximum atomic E-state index is 12.6. The lowest BCUT2D eigenvalue weighted by molar-refractivity contribution is 0.102. The first-order chi connectivity index (χ1) is 13.9. The lowest BCUT2D eigenvalue weighted by Gasteiger charge is -2.19. The Bertz CT molecular complexity index is 1040. The first kappa shape index (κ1) is 18.7. The summed E-state index contributed by atoms with van der Waals surface area (Å²) < 4.78 is 10.6. The van der Waals surface area contributed by atoms with Crippen LogP contribution in [0.2, 0.25) is 0 Å². The van der Waals surface area contributed by atoms with Gasteiger partial charge in [-0.1, -0.05) is 32.9 Å². The molecule has 0 saturated carbocycles. The van der Waals surface area contributed by atoms with Crippen LogP contribution in [0.25, 0.3) is 0 Å². The number of amides is 1. The summed E-state index contributed by atoms with van der Waals surface area (Å²) in [6.07, 6.45) is 1.36. The fourth-order valence-corrected chi connectivity index (χ4v) is 2.92. The molecule has 29 heavy (non-hydrogen) atoms. The molecule has 2 N–H and O–H groups in total. The number of carbonyl (C=O) groups excluding carboxylic acids is 1. The molecule has 0 radical (unpaired) electrons. The van der Waals surface area contributed by atoms with Gasteiger partial charge in [0.05, 0.1) is 0 Å². The highest BCUT2D eigenvalue weighted by atomic mass is 16.7. The van der Waals surface area contributed by atoms with Crippen LogP contribution in [0, 0.1) is 0 Å². The summed E-state index contributed by atoms with van der Waals surface area (Å²) >= 11 is 0. The van der Waals surface area contributed by atoms with Gasteiger partial charge in [0.15, 0.2) is 11.5 Å². The second-order valence-corrected chi connectivity index (χ2v) is 7.76. The van der Waals surface area contributed by atoms with Crippen LogP contribution in [0.5, 0.6) is 11.5 Å². The number of fused-ring (bicyclic) bond motifs is 1. The molecule has 0 spiro atoms. The van der Waals surface area contributed by atoms with Gasteiger partial charge in [-0.05, 0) is 35.2 Å². The van der Waals surface area contributed by atoms with Gasteiger partial charge in [-0.2, -0.15) is 0 Å². The number of carbonyl (C=O) groups is 1. The number of hydrogen-bond acceptors (Lipinski definition) is 6. The topological polar surface area (TPSA) is 85.4 Å². The zero-order valence-electron chi connectivity index (χ0n) is 16.5. The Morgan fingerprint density at radius 1 is 0.931 bits per heavy atom. The number of ether oxygens (including phenoxy) is 2. The van der Waals surface area contributed by atoms with Crippen molar-refractivity contribution in [3.05, 3.63) is 66.1 Å². The molecule has 7 nitrogen and oxygen atoms in total. The van der Waals surface area contributed by atoms with E-state index < -0.39 is 0 Å². The minimum absolute atomic E-state index is 0.0907. The predicted molar refractivity (Wildman–Crippen MR) is 111 cm³/mol. The smallest absolute Gasteiger partial charge is 0.274 e. The molecule has 7 heteroatoms.